The van der Waals surface area contributed by atoms with Gasteiger partial charge in [-0.3, -0.25) is 18.7 Å². The number of carbonyl (C=O) groups excluding carboxylic acids is 2. The number of anilines is 1. The lowest BCUT2D eigenvalue weighted by Gasteiger charge is -2.15. The van der Waals surface area contributed by atoms with Crippen LogP contribution in [0.25, 0.3) is 0 Å². The highest BCUT2D eigenvalue weighted by Gasteiger charge is 2.33. The summed E-state index contributed by atoms with van der Waals surface area (Å²) in [6.07, 6.45) is -0.330. The van der Waals surface area contributed by atoms with Crippen LogP contribution in [0.5, 0.6) is 0 Å². The first kappa shape index (κ1) is 18.2. The largest absolute Gasteiger partial charge is 0.296 e. The number of hydrazone groups is 1. The Kier molecular flexibility index (Phi) is 4.59. The molecule has 24 heavy (non-hydrogen) atoms. The van der Waals surface area contributed by atoms with Gasteiger partial charge in [0.1, 0.15) is 10.6 Å². The number of amides is 1. The summed E-state index contributed by atoms with van der Waals surface area (Å²) in [6.45, 7) is 1.54. The average molecular weight is 376 g/mol. The molecule has 1 aliphatic rings. The van der Waals surface area contributed by atoms with E-state index in [0.29, 0.717) is 17.1 Å². The predicted octanol–water partition coefficient (Wildman–Crippen LogP) is 0.252. The van der Waals surface area contributed by atoms with Gasteiger partial charge in [0.05, 0.1) is 17.0 Å². The molecule has 1 amide bonds. The van der Waals surface area contributed by atoms with Crippen LogP contribution in [0.2, 0.25) is 0 Å². The van der Waals surface area contributed by atoms with Gasteiger partial charge >= 0.3 is 0 Å². The standard InChI is InChI=1S/C12H12N2O8S2/c1-2-10(15)8-6-12(16)14(13-8)9-5-7(23(17,18)19)3-4-11(9)24(20,21)22/h3-5H,2,6H2,1H3,(H,17,18,19)(H,20,21,22). The van der Waals surface area contributed by atoms with Gasteiger partial charge in [-0.2, -0.15) is 26.9 Å². The van der Waals surface area contributed by atoms with Crippen molar-refractivity contribution in [3.05, 3.63) is 18.2 Å². The number of benzene rings is 1. The highest BCUT2D eigenvalue weighted by Crippen LogP contribution is 2.31. The van der Waals surface area contributed by atoms with Crippen LogP contribution in [0.3, 0.4) is 0 Å². The molecule has 12 heteroatoms. The maximum atomic E-state index is 12.0. The van der Waals surface area contributed by atoms with Gasteiger partial charge in [0.25, 0.3) is 26.1 Å². The molecule has 0 saturated heterocycles. The van der Waals surface area contributed by atoms with Gasteiger partial charge in [-0.1, -0.05) is 6.92 Å². The molecular formula is C12H12N2O8S2. The molecule has 1 heterocycles. The van der Waals surface area contributed by atoms with E-state index in [1.165, 1.54) is 0 Å². The molecule has 10 nitrogen and oxygen atoms in total. The fourth-order valence-corrected chi connectivity index (χ4v) is 3.17. The molecule has 0 unspecified atom stereocenters. The van der Waals surface area contributed by atoms with Crippen molar-refractivity contribution in [3.63, 3.8) is 0 Å². The van der Waals surface area contributed by atoms with E-state index in [1.54, 1.807) is 6.92 Å². The Morgan fingerprint density at radius 1 is 1.21 bits per heavy atom. The first-order chi connectivity index (χ1) is 10.9. The minimum atomic E-state index is -4.82. The Labute approximate surface area is 137 Å². The molecule has 1 aliphatic heterocycles. The van der Waals surface area contributed by atoms with Crippen molar-refractivity contribution in [2.75, 3.05) is 5.01 Å². The van der Waals surface area contributed by atoms with Crippen LogP contribution in [0.15, 0.2) is 33.1 Å². The number of carbonyl (C=O) groups is 2. The molecule has 0 bridgehead atoms. The fraction of sp³-hybridized carbons (Fsp3) is 0.250. The SMILES string of the molecule is CCC(=O)C1=NN(c2cc(S(=O)(=O)O)ccc2S(=O)(=O)O)C(=O)C1. The number of hydrogen-bond acceptors (Lipinski definition) is 7. The number of Topliss-reactive ketones (excluding diaryl/α,β-unsaturated/α-hetero) is 1. The monoisotopic (exact) mass is 376 g/mol. The Hall–Kier alpha value is -2.15. The minimum absolute atomic E-state index is 0.0656. The van der Waals surface area contributed by atoms with Crippen molar-refractivity contribution >= 4 is 43.3 Å². The third-order valence-corrected chi connectivity index (χ3v) is 4.90. The molecule has 1 aromatic rings. The lowest BCUT2D eigenvalue weighted by Crippen LogP contribution is -2.22. The normalized spacial score (nSPS) is 15.5. The van der Waals surface area contributed by atoms with Crippen LogP contribution >= 0.6 is 0 Å². The van der Waals surface area contributed by atoms with Crippen LogP contribution < -0.4 is 5.01 Å². The first-order valence-electron chi connectivity index (χ1n) is 6.47. The van der Waals surface area contributed by atoms with E-state index in [2.05, 4.69) is 5.10 Å². The second-order valence-corrected chi connectivity index (χ2v) is 7.60. The van der Waals surface area contributed by atoms with E-state index in [9.17, 15) is 31.0 Å². The fourth-order valence-electron chi connectivity index (χ4n) is 2.02. The predicted molar refractivity (Wildman–Crippen MR) is 80.9 cm³/mol. The highest BCUT2D eigenvalue weighted by molar-refractivity contribution is 7.86. The molecule has 2 rings (SSSR count). The summed E-state index contributed by atoms with van der Waals surface area (Å²) in [7, 11) is -9.52. The molecule has 2 N–H and O–H groups in total. The molecule has 0 fully saturated rings. The van der Waals surface area contributed by atoms with Crippen LogP contribution in [-0.4, -0.2) is 43.3 Å². The van der Waals surface area contributed by atoms with Crippen LogP contribution in [0.1, 0.15) is 19.8 Å². The van der Waals surface area contributed by atoms with E-state index in [-0.39, 0.29) is 12.1 Å². The van der Waals surface area contributed by atoms with Gasteiger partial charge in [-0.25, -0.2) is 0 Å². The lowest BCUT2D eigenvalue weighted by atomic mass is 10.1. The van der Waals surface area contributed by atoms with Crippen LogP contribution in [0.4, 0.5) is 5.69 Å². The number of nitrogens with zero attached hydrogens (tertiary/aromatic N) is 2. The molecule has 0 atom stereocenters. The second kappa shape index (κ2) is 6.05. The Morgan fingerprint density at radius 3 is 2.33 bits per heavy atom. The van der Waals surface area contributed by atoms with Gasteiger partial charge in [-0.05, 0) is 18.2 Å². The van der Waals surface area contributed by atoms with Gasteiger partial charge in [0.2, 0.25) is 0 Å². The zero-order valence-corrected chi connectivity index (χ0v) is 13.8. The zero-order valence-electron chi connectivity index (χ0n) is 12.2. The van der Waals surface area contributed by atoms with Crippen molar-refractivity contribution in [1.29, 1.82) is 0 Å². The first-order valence-corrected chi connectivity index (χ1v) is 9.36. The summed E-state index contributed by atoms with van der Waals surface area (Å²) in [4.78, 5) is 22.1. The van der Waals surface area contributed by atoms with E-state index < -0.39 is 53.8 Å². The van der Waals surface area contributed by atoms with Gasteiger partial charge in [0, 0.05) is 6.42 Å². The highest BCUT2D eigenvalue weighted by atomic mass is 32.2. The summed E-state index contributed by atoms with van der Waals surface area (Å²) in [6, 6.07) is 2.11. The van der Waals surface area contributed by atoms with Crippen molar-refractivity contribution in [2.24, 2.45) is 5.10 Å². The molecule has 0 radical (unpaired) electrons. The van der Waals surface area contributed by atoms with Gasteiger partial charge in [-0.15, -0.1) is 0 Å². The Balaban J connectivity index is 2.69. The van der Waals surface area contributed by atoms with Crippen molar-refractivity contribution in [1.82, 2.24) is 0 Å². The Bertz CT molecular complexity index is 963. The minimum Gasteiger partial charge on any atom is -0.293 e. The molecule has 0 spiro atoms. The average Bonchev–Trinajstić information content (AvgIpc) is 2.85. The van der Waals surface area contributed by atoms with E-state index in [0.717, 1.165) is 6.07 Å². The molecule has 130 valence electrons. The smallest absolute Gasteiger partial charge is 0.293 e. The van der Waals surface area contributed by atoms with Gasteiger partial charge < -0.3 is 0 Å². The number of ketones is 1. The quantitative estimate of drug-likeness (QED) is 0.692. The van der Waals surface area contributed by atoms with Crippen LogP contribution in [-0.2, 0) is 29.8 Å². The molecular weight excluding hydrogens is 364 g/mol. The van der Waals surface area contributed by atoms with Crippen LogP contribution in [0, 0.1) is 0 Å². The molecule has 0 aliphatic carbocycles. The van der Waals surface area contributed by atoms with Crippen molar-refractivity contribution < 1.29 is 35.5 Å². The maximum Gasteiger partial charge on any atom is 0.296 e. The molecule has 1 aromatic carbocycles. The van der Waals surface area contributed by atoms with E-state index >= 15 is 0 Å². The third-order valence-electron chi connectivity index (χ3n) is 3.15. The Morgan fingerprint density at radius 2 is 1.83 bits per heavy atom. The van der Waals surface area contributed by atoms with Crippen molar-refractivity contribution in [2.45, 2.75) is 29.6 Å². The number of rotatable bonds is 5. The maximum absolute atomic E-state index is 12.0. The van der Waals surface area contributed by atoms with Crippen molar-refractivity contribution in [3.8, 4) is 0 Å². The summed E-state index contributed by atoms with van der Waals surface area (Å²) in [5, 5.41) is 4.22. The third kappa shape index (κ3) is 3.51. The summed E-state index contributed by atoms with van der Waals surface area (Å²) in [5.41, 5.74) is -0.711. The summed E-state index contributed by atoms with van der Waals surface area (Å²) in [5.74, 6) is -1.23. The molecule has 0 aromatic heterocycles. The summed E-state index contributed by atoms with van der Waals surface area (Å²) < 4.78 is 63.6. The van der Waals surface area contributed by atoms with E-state index in [1.807, 2.05) is 0 Å². The second-order valence-electron chi connectivity index (χ2n) is 4.79. The summed E-state index contributed by atoms with van der Waals surface area (Å²) >= 11 is 0. The number of hydrogen-bond donors (Lipinski definition) is 2. The topological polar surface area (TPSA) is 158 Å². The van der Waals surface area contributed by atoms with Gasteiger partial charge in [0.15, 0.2) is 5.78 Å². The molecule has 0 saturated carbocycles. The zero-order chi connectivity index (χ0) is 18.3. The lowest BCUT2D eigenvalue weighted by molar-refractivity contribution is -0.117. The van der Waals surface area contributed by atoms with E-state index in [4.69, 9.17) is 4.55 Å².